The number of halogens is 1. The molecular formula is C24H27FN4O2. The molecule has 6 nitrogen and oxygen atoms in total. The minimum absolute atomic E-state index is 0.0643. The van der Waals surface area contributed by atoms with Crippen LogP contribution in [0.4, 0.5) is 4.39 Å². The molecule has 0 spiro atoms. The molecule has 0 saturated carbocycles. The third kappa shape index (κ3) is 5.58. The first-order valence-corrected chi connectivity index (χ1v) is 10.1. The topological polar surface area (TPSA) is 66.4 Å². The molecule has 2 aromatic carbocycles. The van der Waals surface area contributed by atoms with Crippen molar-refractivity contribution in [2.24, 2.45) is 7.05 Å². The Balaban J connectivity index is 1.90. The first kappa shape index (κ1) is 22.2. The summed E-state index contributed by atoms with van der Waals surface area (Å²) in [4.78, 5) is 27.6. The van der Waals surface area contributed by atoms with Gasteiger partial charge in [-0.25, -0.2) is 4.39 Å². The Morgan fingerprint density at radius 1 is 1.10 bits per heavy atom. The third-order valence-electron chi connectivity index (χ3n) is 4.91. The maximum atomic E-state index is 14.1. The van der Waals surface area contributed by atoms with E-state index in [4.69, 9.17) is 0 Å². The van der Waals surface area contributed by atoms with Crippen LogP contribution < -0.4 is 10.6 Å². The zero-order chi connectivity index (χ0) is 22.4. The molecule has 2 N–H and O–H groups in total. The number of aryl methyl sites for hydroxylation is 1. The maximum absolute atomic E-state index is 14.1. The zero-order valence-corrected chi connectivity index (χ0v) is 18.0. The highest BCUT2D eigenvalue weighted by molar-refractivity contribution is 6.06. The van der Waals surface area contributed by atoms with Gasteiger partial charge in [-0.05, 0) is 51.3 Å². The van der Waals surface area contributed by atoms with Crippen LogP contribution in [-0.4, -0.2) is 48.5 Å². The van der Waals surface area contributed by atoms with E-state index in [1.807, 2.05) is 61.1 Å². The number of hydrogen-bond acceptors (Lipinski definition) is 3. The van der Waals surface area contributed by atoms with Gasteiger partial charge in [0.1, 0.15) is 11.5 Å². The summed E-state index contributed by atoms with van der Waals surface area (Å²) in [7, 11) is 5.84. The fraction of sp³-hybridized carbons (Fsp3) is 0.250. The smallest absolute Gasteiger partial charge is 0.267 e. The standard InChI is InChI=1S/C24H27FN4O2/c1-28(2)14-8-13-26-24(31)21(27-23(30)19-10-4-6-11-20(19)25)15-17-16-29(3)22-12-7-5-9-18(17)22/h4-7,9-12,15-16H,8,13-14H2,1-3H3,(H,26,31)(H,27,30). The van der Waals surface area contributed by atoms with Crippen molar-refractivity contribution < 1.29 is 14.0 Å². The van der Waals surface area contributed by atoms with Gasteiger partial charge in [0, 0.05) is 36.3 Å². The van der Waals surface area contributed by atoms with Gasteiger partial charge in [0.05, 0.1) is 5.56 Å². The number of rotatable bonds is 8. The van der Waals surface area contributed by atoms with Gasteiger partial charge in [0.2, 0.25) is 0 Å². The number of nitrogens with one attached hydrogen (secondary N) is 2. The molecule has 0 aliphatic rings. The average Bonchev–Trinajstić information content (AvgIpc) is 3.06. The first-order valence-electron chi connectivity index (χ1n) is 10.1. The number of nitrogens with zero attached hydrogens (tertiary/aromatic N) is 2. The number of amides is 2. The van der Waals surface area contributed by atoms with E-state index in [1.54, 1.807) is 12.1 Å². The number of carbonyl (C=O) groups excluding carboxylic acids is 2. The highest BCUT2D eigenvalue weighted by atomic mass is 19.1. The summed E-state index contributed by atoms with van der Waals surface area (Å²) in [6.45, 7) is 1.28. The van der Waals surface area contributed by atoms with Gasteiger partial charge >= 0.3 is 0 Å². The van der Waals surface area contributed by atoms with Crippen LogP contribution in [0.5, 0.6) is 0 Å². The maximum Gasteiger partial charge on any atom is 0.267 e. The SMILES string of the molecule is CN(C)CCCNC(=O)C(=Cc1cn(C)c2ccccc12)NC(=O)c1ccccc1F. The van der Waals surface area contributed by atoms with Gasteiger partial charge < -0.3 is 20.1 Å². The van der Waals surface area contributed by atoms with E-state index in [-0.39, 0.29) is 11.3 Å². The van der Waals surface area contributed by atoms with E-state index in [9.17, 15) is 14.0 Å². The lowest BCUT2D eigenvalue weighted by molar-refractivity contribution is -0.117. The summed E-state index contributed by atoms with van der Waals surface area (Å²) in [5.41, 5.74) is 1.73. The van der Waals surface area contributed by atoms with Crippen LogP contribution in [0.3, 0.4) is 0 Å². The molecule has 0 saturated heterocycles. The van der Waals surface area contributed by atoms with Gasteiger partial charge in [0.15, 0.2) is 0 Å². The fourth-order valence-corrected chi connectivity index (χ4v) is 3.33. The number of fused-ring (bicyclic) bond motifs is 1. The Morgan fingerprint density at radius 3 is 2.55 bits per heavy atom. The third-order valence-corrected chi connectivity index (χ3v) is 4.91. The highest BCUT2D eigenvalue weighted by Crippen LogP contribution is 2.22. The van der Waals surface area contributed by atoms with Gasteiger partial charge in [-0.15, -0.1) is 0 Å². The van der Waals surface area contributed by atoms with E-state index in [2.05, 4.69) is 10.6 Å². The van der Waals surface area contributed by atoms with Gasteiger partial charge in [-0.3, -0.25) is 9.59 Å². The van der Waals surface area contributed by atoms with Crippen LogP contribution in [0.15, 0.2) is 60.4 Å². The molecule has 0 bridgehead atoms. The number of benzene rings is 2. The molecule has 1 aromatic heterocycles. The van der Waals surface area contributed by atoms with E-state index in [0.29, 0.717) is 6.54 Å². The molecule has 0 atom stereocenters. The Kier molecular flexibility index (Phi) is 7.20. The highest BCUT2D eigenvalue weighted by Gasteiger charge is 2.18. The molecule has 7 heteroatoms. The van der Waals surface area contributed by atoms with Gasteiger partial charge in [0.25, 0.3) is 11.8 Å². The minimum atomic E-state index is -0.673. The summed E-state index contributed by atoms with van der Waals surface area (Å²) < 4.78 is 16.0. The van der Waals surface area contributed by atoms with Crippen LogP contribution in [0, 0.1) is 5.82 Å². The van der Waals surface area contributed by atoms with Crippen molar-refractivity contribution in [3.8, 4) is 0 Å². The Bertz CT molecular complexity index is 1120. The van der Waals surface area contributed by atoms with E-state index >= 15 is 0 Å². The fourth-order valence-electron chi connectivity index (χ4n) is 3.33. The van der Waals surface area contributed by atoms with Gasteiger partial charge in [-0.1, -0.05) is 30.3 Å². The minimum Gasteiger partial charge on any atom is -0.351 e. The normalized spacial score (nSPS) is 11.7. The Hall–Kier alpha value is -3.45. The lowest BCUT2D eigenvalue weighted by atomic mass is 10.1. The molecule has 0 aliphatic carbocycles. The monoisotopic (exact) mass is 422 g/mol. The number of hydrogen-bond donors (Lipinski definition) is 2. The van der Waals surface area contributed by atoms with E-state index in [1.165, 1.54) is 18.2 Å². The van der Waals surface area contributed by atoms with Gasteiger partial charge in [-0.2, -0.15) is 0 Å². The molecule has 162 valence electrons. The van der Waals surface area contributed by atoms with Crippen molar-refractivity contribution in [1.29, 1.82) is 0 Å². The first-order chi connectivity index (χ1) is 14.9. The second-order valence-corrected chi connectivity index (χ2v) is 7.62. The Labute approximate surface area is 181 Å². The number of carbonyl (C=O) groups is 2. The predicted octanol–water partition coefficient (Wildman–Crippen LogP) is 3.16. The summed E-state index contributed by atoms with van der Waals surface area (Å²) in [5, 5.41) is 6.38. The molecule has 0 radical (unpaired) electrons. The largest absolute Gasteiger partial charge is 0.351 e. The second-order valence-electron chi connectivity index (χ2n) is 7.62. The lowest BCUT2D eigenvalue weighted by Crippen LogP contribution is -2.36. The van der Waals surface area contributed by atoms with Crippen LogP contribution in [0.2, 0.25) is 0 Å². The van der Waals surface area contributed by atoms with Crippen LogP contribution in [-0.2, 0) is 11.8 Å². The summed E-state index contributed by atoms with van der Waals surface area (Å²) in [6, 6.07) is 13.5. The van der Waals surface area contributed by atoms with Crippen molar-refractivity contribution in [2.75, 3.05) is 27.2 Å². The lowest BCUT2D eigenvalue weighted by Gasteiger charge is -2.13. The molecule has 2 amide bonds. The van der Waals surface area contributed by atoms with E-state index in [0.717, 1.165) is 29.4 Å². The zero-order valence-electron chi connectivity index (χ0n) is 18.0. The molecule has 31 heavy (non-hydrogen) atoms. The average molecular weight is 423 g/mol. The van der Waals surface area contributed by atoms with Crippen molar-refractivity contribution >= 4 is 28.8 Å². The Morgan fingerprint density at radius 2 is 1.81 bits per heavy atom. The summed E-state index contributed by atoms with van der Waals surface area (Å²) in [5.74, 6) is -1.74. The molecular weight excluding hydrogens is 395 g/mol. The molecule has 3 rings (SSSR count). The quantitative estimate of drug-likeness (QED) is 0.433. The number of para-hydroxylation sites is 1. The van der Waals surface area contributed by atoms with Crippen molar-refractivity contribution in [3.05, 3.63) is 77.4 Å². The van der Waals surface area contributed by atoms with Crippen molar-refractivity contribution in [3.63, 3.8) is 0 Å². The predicted molar refractivity (Wildman–Crippen MR) is 121 cm³/mol. The molecule has 0 unspecified atom stereocenters. The molecule has 0 fully saturated rings. The summed E-state index contributed by atoms with van der Waals surface area (Å²) in [6.07, 6.45) is 4.28. The molecule has 0 aliphatic heterocycles. The summed E-state index contributed by atoms with van der Waals surface area (Å²) >= 11 is 0. The molecule has 3 aromatic rings. The van der Waals surface area contributed by atoms with Crippen molar-refractivity contribution in [1.82, 2.24) is 20.1 Å². The second kappa shape index (κ2) is 10.0. The van der Waals surface area contributed by atoms with E-state index < -0.39 is 17.6 Å². The van der Waals surface area contributed by atoms with Crippen LogP contribution in [0.25, 0.3) is 17.0 Å². The van der Waals surface area contributed by atoms with Crippen molar-refractivity contribution in [2.45, 2.75) is 6.42 Å². The van der Waals surface area contributed by atoms with Crippen LogP contribution in [0.1, 0.15) is 22.3 Å². The number of aromatic nitrogens is 1. The van der Waals surface area contributed by atoms with Crippen LogP contribution >= 0.6 is 0 Å². The molecule has 1 heterocycles.